The number of nitrogens with zero attached hydrogens (tertiary/aromatic N) is 4. The first-order valence-corrected chi connectivity index (χ1v) is 11.0. The average Bonchev–Trinajstić information content (AvgIpc) is 3.25. The van der Waals surface area contributed by atoms with Gasteiger partial charge >= 0.3 is 0 Å². The molecule has 1 aliphatic heterocycles. The lowest BCUT2D eigenvalue weighted by Gasteiger charge is -2.32. The predicted octanol–water partition coefficient (Wildman–Crippen LogP) is 5.14. The summed E-state index contributed by atoms with van der Waals surface area (Å²) in [4.78, 5) is 19.6. The van der Waals surface area contributed by atoms with Crippen LogP contribution in [0.5, 0.6) is 0 Å². The molecule has 31 heavy (non-hydrogen) atoms. The van der Waals surface area contributed by atoms with Gasteiger partial charge in [0.05, 0.1) is 11.9 Å². The number of hydrogen-bond donors (Lipinski definition) is 0. The first-order chi connectivity index (χ1) is 15.2. The summed E-state index contributed by atoms with van der Waals surface area (Å²) in [5.74, 6) is 0.624. The van der Waals surface area contributed by atoms with Crippen LogP contribution in [0.1, 0.15) is 28.8 Å². The van der Waals surface area contributed by atoms with Crippen molar-refractivity contribution in [3.8, 4) is 11.3 Å². The molecule has 6 heteroatoms. The summed E-state index contributed by atoms with van der Waals surface area (Å²) in [5, 5.41) is 5.16. The van der Waals surface area contributed by atoms with Gasteiger partial charge in [-0.2, -0.15) is 5.10 Å². The normalized spacial score (nSPS) is 14.8. The third-order valence-corrected chi connectivity index (χ3v) is 6.29. The molecule has 0 spiro atoms. The summed E-state index contributed by atoms with van der Waals surface area (Å²) in [7, 11) is 0. The molecule has 2 aromatic heterocycles. The van der Waals surface area contributed by atoms with Crippen LogP contribution in [0, 0.1) is 5.92 Å². The number of rotatable bonds is 4. The second kappa shape index (κ2) is 8.52. The molecule has 0 N–H and O–H groups in total. The van der Waals surface area contributed by atoms with E-state index in [-0.39, 0.29) is 5.91 Å². The lowest BCUT2D eigenvalue weighted by atomic mass is 9.90. The van der Waals surface area contributed by atoms with E-state index >= 15 is 0 Å². The maximum absolute atomic E-state index is 13.2. The SMILES string of the molecule is O=C(c1cnn2c(-c3ccc(Cl)cc3)ccnc12)N1CCC(Cc2ccccc2)CC1. The Balaban J connectivity index is 1.33. The van der Waals surface area contributed by atoms with Gasteiger partial charge in [-0.25, -0.2) is 9.50 Å². The van der Waals surface area contributed by atoms with Crippen LogP contribution >= 0.6 is 11.6 Å². The molecule has 0 atom stereocenters. The summed E-state index contributed by atoms with van der Waals surface area (Å²) >= 11 is 6.02. The largest absolute Gasteiger partial charge is 0.338 e. The number of aromatic nitrogens is 3. The highest BCUT2D eigenvalue weighted by Crippen LogP contribution is 2.26. The molecule has 1 saturated heterocycles. The molecule has 4 aromatic rings. The molecule has 0 saturated carbocycles. The fraction of sp³-hybridized carbons (Fsp3) is 0.240. The van der Waals surface area contributed by atoms with Gasteiger partial charge in [-0.15, -0.1) is 0 Å². The van der Waals surface area contributed by atoms with E-state index in [1.807, 2.05) is 41.3 Å². The molecular formula is C25H23ClN4O. The fourth-order valence-electron chi connectivity index (χ4n) is 4.34. The summed E-state index contributed by atoms with van der Waals surface area (Å²) in [6, 6.07) is 20.1. The maximum atomic E-state index is 13.2. The van der Waals surface area contributed by atoms with E-state index in [9.17, 15) is 4.79 Å². The van der Waals surface area contributed by atoms with Crippen LogP contribution < -0.4 is 0 Å². The molecule has 3 heterocycles. The van der Waals surface area contributed by atoms with Crippen molar-refractivity contribution in [2.45, 2.75) is 19.3 Å². The summed E-state index contributed by atoms with van der Waals surface area (Å²) in [6.45, 7) is 1.54. The number of carbonyl (C=O) groups is 1. The summed E-state index contributed by atoms with van der Waals surface area (Å²) in [6.07, 6.45) is 6.47. The van der Waals surface area contributed by atoms with Crippen molar-refractivity contribution in [3.63, 3.8) is 0 Å². The topological polar surface area (TPSA) is 50.5 Å². The Morgan fingerprint density at radius 3 is 2.48 bits per heavy atom. The number of fused-ring (bicyclic) bond motifs is 1. The van der Waals surface area contributed by atoms with Crippen molar-refractivity contribution in [3.05, 3.63) is 89.2 Å². The third-order valence-electron chi connectivity index (χ3n) is 6.04. The first-order valence-electron chi connectivity index (χ1n) is 10.6. The van der Waals surface area contributed by atoms with Crippen LogP contribution in [0.25, 0.3) is 16.9 Å². The Morgan fingerprint density at radius 2 is 1.74 bits per heavy atom. The van der Waals surface area contributed by atoms with Crippen molar-refractivity contribution in [1.29, 1.82) is 0 Å². The minimum Gasteiger partial charge on any atom is -0.338 e. The number of likely N-dealkylation sites (tertiary alicyclic amines) is 1. The highest BCUT2D eigenvalue weighted by Gasteiger charge is 2.26. The van der Waals surface area contributed by atoms with Crippen LogP contribution in [0.3, 0.4) is 0 Å². The molecular weight excluding hydrogens is 408 g/mol. The van der Waals surface area contributed by atoms with E-state index in [1.165, 1.54) is 5.56 Å². The standard InChI is InChI=1S/C25H23ClN4O/c26-21-8-6-20(7-9-21)23-10-13-27-24-22(17-28-30(23)24)25(31)29-14-11-19(12-15-29)16-18-4-2-1-3-5-18/h1-10,13,17,19H,11-12,14-16H2. The van der Waals surface area contributed by atoms with Crippen LogP contribution in [0.4, 0.5) is 0 Å². The predicted molar refractivity (Wildman–Crippen MR) is 122 cm³/mol. The van der Waals surface area contributed by atoms with Crippen LogP contribution in [0.15, 0.2) is 73.1 Å². The lowest BCUT2D eigenvalue weighted by Crippen LogP contribution is -2.38. The van der Waals surface area contributed by atoms with Gasteiger partial charge in [-0.1, -0.05) is 54.1 Å². The van der Waals surface area contributed by atoms with Crippen LogP contribution in [-0.2, 0) is 6.42 Å². The van der Waals surface area contributed by atoms with Gasteiger partial charge in [0.1, 0.15) is 5.56 Å². The monoisotopic (exact) mass is 430 g/mol. The molecule has 2 aromatic carbocycles. The van der Waals surface area contributed by atoms with Crippen LogP contribution in [0.2, 0.25) is 5.02 Å². The second-order valence-electron chi connectivity index (χ2n) is 8.06. The van der Waals surface area contributed by atoms with Gasteiger partial charge < -0.3 is 4.90 Å². The van der Waals surface area contributed by atoms with Gasteiger partial charge in [-0.3, -0.25) is 4.79 Å². The number of benzene rings is 2. The van der Waals surface area contributed by atoms with Gasteiger partial charge in [-0.05, 0) is 48.9 Å². The molecule has 0 aliphatic carbocycles. The van der Waals surface area contributed by atoms with E-state index in [0.717, 1.165) is 43.6 Å². The quantitative estimate of drug-likeness (QED) is 0.450. The molecule has 1 fully saturated rings. The zero-order valence-corrected chi connectivity index (χ0v) is 17.9. The molecule has 5 rings (SSSR count). The zero-order valence-electron chi connectivity index (χ0n) is 17.1. The van der Waals surface area contributed by atoms with Crippen molar-refractivity contribution in [1.82, 2.24) is 19.5 Å². The Hall–Kier alpha value is -3.18. The Labute approximate surface area is 186 Å². The number of piperidine rings is 1. The van der Waals surface area contributed by atoms with E-state index in [0.29, 0.717) is 22.2 Å². The first kappa shape index (κ1) is 19.8. The van der Waals surface area contributed by atoms with E-state index in [1.54, 1.807) is 16.9 Å². The molecule has 0 bridgehead atoms. The Morgan fingerprint density at radius 1 is 1.00 bits per heavy atom. The van der Waals surface area contributed by atoms with E-state index in [2.05, 4.69) is 34.3 Å². The zero-order chi connectivity index (χ0) is 21.2. The number of hydrogen-bond acceptors (Lipinski definition) is 3. The van der Waals surface area contributed by atoms with Gasteiger partial charge in [0.15, 0.2) is 5.65 Å². The molecule has 0 unspecified atom stereocenters. The highest BCUT2D eigenvalue weighted by molar-refractivity contribution is 6.30. The molecule has 0 radical (unpaired) electrons. The van der Waals surface area contributed by atoms with Crippen molar-refractivity contribution in [2.24, 2.45) is 5.92 Å². The molecule has 1 amide bonds. The average molecular weight is 431 g/mol. The van der Waals surface area contributed by atoms with E-state index in [4.69, 9.17) is 11.6 Å². The van der Waals surface area contributed by atoms with Crippen molar-refractivity contribution in [2.75, 3.05) is 13.1 Å². The second-order valence-corrected chi connectivity index (χ2v) is 8.49. The minimum atomic E-state index is 0.00826. The third kappa shape index (κ3) is 4.06. The lowest BCUT2D eigenvalue weighted by molar-refractivity contribution is 0.0692. The maximum Gasteiger partial charge on any atom is 0.259 e. The van der Waals surface area contributed by atoms with E-state index < -0.39 is 0 Å². The highest BCUT2D eigenvalue weighted by atomic mass is 35.5. The van der Waals surface area contributed by atoms with Crippen molar-refractivity contribution < 1.29 is 4.79 Å². The van der Waals surface area contributed by atoms with Crippen LogP contribution in [-0.4, -0.2) is 38.5 Å². The van der Waals surface area contributed by atoms with Gasteiger partial charge in [0.2, 0.25) is 0 Å². The summed E-state index contributed by atoms with van der Waals surface area (Å²) < 4.78 is 1.73. The van der Waals surface area contributed by atoms with Gasteiger partial charge in [0, 0.05) is 29.9 Å². The summed E-state index contributed by atoms with van der Waals surface area (Å²) in [5.41, 5.74) is 4.36. The molecule has 1 aliphatic rings. The van der Waals surface area contributed by atoms with Crippen molar-refractivity contribution >= 4 is 23.2 Å². The van der Waals surface area contributed by atoms with Gasteiger partial charge in [0.25, 0.3) is 5.91 Å². The Kier molecular flexibility index (Phi) is 5.43. The minimum absolute atomic E-state index is 0.00826. The Bertz CT molecular complexity index is 1200. The number of halogens is 1. The number of carbonyl (C=O) groups excluding carboxylic acids is 1. The smallest absolute Gasteiger partial charge is 0.259 e. The molecule has 5 nitrogen and oxygen atoms in total. The molecule has 156 valence electrons. The fourth-order valence-corrected chi connectivity index (χ4v) is 4.47. The number of amides is 1.